The minimum absolute atomic E-state index is 0.0575. The van der Waals surface area contributed by atoms with E-state index in [1.165, 1.54) is 0 Å². The molecule has 0 bridgehead atoms. The number of nitrogens with zero attached hydrogens (tertiary/aromatic N) is 1. The predicted octanol–water partition coefficient (Wildman–Crippen LogP) is 3.05. The number of carbonyl (C=O) groups is 2. The van der Waals surface area contributed by atoms with Crippen molar-refractivity contribution in [3.63, 3.8) is 0 Å². The van der Waals surface area contributed by atoms with E-state index < -0.39 is 22.5 Å². The molecule has 0 aromatic heterocycles. The monoisotopic (exact) mass is 372 g/mol. The Morgan fingerprint density at radius 1 is 1.19 bits per heavy atom. The lowest BCUT2D eigenvalue weighted by Crippen LogP contribution is -2.33. The molecule has 0 aliphatic carbocycles. The van der Waals surface area contributed by atoms with E-state index in [-0.39, 0.29) is 17.2 Å². The van der Waals surface area contributed by atoms with Gasteiger partial charge in [-0.2, -0.15) is 0 Å². The minimum Gasteiger partial charge on any atom is -0.497 e. The van der Waals surface area contributed by atoms with E-state index in [2.05, 4.69) is 5.32 Å². The zero-order valence-corrected chi connectivity index (χ0v) is 15.0. The first-order valence-electron chi connectivity index (χ1n) is 8.26. The summed E-state index contributed by atoms with van der Waals surface area (Å²) < 4.78 is 5.10. The molecule has 0 aliphatic rings. The molecule has 1 amide bonds. The van der Waals surface area contributed by atoms with Gasteiger partial charge in [0, 0.05) is 23.7 Å². The van der Waals surface area contributed by atoms with Crippen molar-refractivity contribution in [2.45, 2.75) is 25.8 Å². The largest absolute Gasteiger partial charge is 0.497 e. The van der Waals surface area contributed by atoms with Gasteiger partial charge in [0.05, 0.1) is 17.6 Å². The number of aromatic carboxylic acids is 1. The number of hydrogen-bond acceptors (Lipinski definition) is 5. The fraction of sp³-hybridized carbons (Fsp3) is 0.263. The van der Waals surface area contributed by atoms with E-state index in [1.807, 2.05) is 31.2 Å². The maximum atomic E-state index is 12.4. The van der Waals surface area contributed by atoms with E-state index in [4.69, 9.17) is 9.84 Å². The molecule has 0 fully saturated rings. The smallest absolute Gasteiger partial charge is 0.335 e. The number of carboxylic acid groups (broad SMARTS) is 1. The summed E-state index contributed by atoms with van der Waals surface area (Å²) in [7, 11) is 1.59. The SMILES string of the molecule is COc1ccc(CCC(C)NC(=O)c2cc(C(=O)O)cc([N+](=O)[O-])c2)cc1. The van der Waals surface area contributed by atoms with Crippen LogP contribution >= 0.6 is 0 Å². The summed E-state index contributed by atoms with van der Waals surface area (Å²) in [6, 6.07) is 10.5. The molecule has 0 aliphatic heterocycles. The summed E-state index contributed by atoms with van der Waals surface area (Å²) in [5.41, 5.74) is 0.282. The first kappa shape index (κ1) is 19.9. The molecule has 1 unspecified atom stereocenters. The Kier molecular flexibility index (Phi) is 6.48. The van der Waals surface area contributed by atoms with Crippen LogP contribution < -0.4 is 10.1 Å². The highest BCUT2D eigenvalue weighted by molar-refractivity contribution is 5.98. The second-order valence-corrected chi connectivity index (χ2v) is 6.09. The van der Waals surface area contributed by atoms with Crippen LogP contribution in [0.4, 0.5) is 5.69 Å². The predicted molar refractivity (Wildman–Crippen MR) is 98.3 cm³/mol. The molecular formula is C19H20N2O6. The molecule has 8 heteroatoms. The van der Waals surface area contributed by atoms with Crippen LogP contribution in [0.5, 0.6) is 5.75 Å². The van der Waals surface area contributed by atoms with Gasteiger partial charge >= 0.3 is 5.97 Å². The molecule has 0 saturated carbocycles. The standard InChI is InChI=1S/C19H20N2O6/c1-12(3-4-13-5-7-17(27-2)8-6-13)20-18(22)14-9-15(19(23)24)11-16(10-14)21(25)26/h5-12H,3-4H2,1-2H3,(H,20,22)(H,23,24). The molecular weight excluding hydrogens is 352 g/mol. The van der Waals surface area contributed by atoms with Crippen LogP contribution in [-0.4, -0.2) is 35.1 Å². The Morgan fingerprint density at radius 2 is 1.81 bits per heavy atom. The maximum Gasteiger partial charge on any atom is 0.335 e. The third kappa shape index (κ3) is 5.53. The van der Waals surface area contributed by atoms with E-state index in [9.17, 15) is 19.7 Å². The summed E-state index contributed by atoms with van der Waals surface area (Å²) in [6.07, 6.45) is 1.37. The number of nitro benzene ring substituents is 1. The Balaban J connectivity index is 2.02. The normalized spacial score (nSPS) is 11.5. The fourth-order valence-electron chi connectivity index (χ4n) is 2.53. The van der Waals surface area contributed by atoms with Crippen molar-refractivity contribution in [1.29, 1.82) is 0 Å². The van der Waals surface area contributed by atoms with E-state index >= 15 is 0 Å². The number of non-ortho nitro benzene ring substituents is 1. The third-order valence-electron chi connectivity index (χ3n) is 4.04. The highest BCUT2D eigenvalue weighted by Gasteiger charge is 2.18. The number of ether oxygens (including phenoxy) is 1. The van der Waals surface area contributed by atoms with Crippen molar-refractivity contribution < 1.29 is 24.4 Å². The number of carbonyl (C=O) groups excluding carboxylic acids is 1. The zero-order valence-electron chi connectivity index (χ0n) is 15.0. The number of amides is 1. The first-order valence-corrected chi connectivity index (χ1v) is 8.26. The van der Waals surface area contributed by atoms with Gasteiger partial charge in [-0.3, -0.25) is 14.9 Å². The Bertz CT molecular complexity index is 816. The molecule has 1 atom stereocenters. The number of nitro groups is 1. The minimum atomic E-state index is -1.33. The molecule has 0 spiro atoms. The second-order valence-electron chi connectivity index (χ2n) is 6.09. The highest BCUT2D eigenvalue weighted by Crippen LogP contribution is 2.18. The van der Waals surface area contributed by atoms with Gasteiger partial charge in [-0.15, -0.1) is 0 Å². The van der Waals surface area contributed by atoms with Gasteiger partial charge in [0.15, 0.2) is 0 Å². The number of nitrogens with one attached hydrogen (secondary N) is 1. The Morgan fingerprint density at radius 3 is 2.37 bits per heavy atom. The van der Waals surface area contributed by atoms with Gasteiger partial charge in [0.25, 0.3) is 11.6 Å². The van der Waals surface area contributed by atoms with E-state index in [0.717, 1.165) is 35.9 Å². The van der Waals surface area contributed by atoms with Gasteiger partial charge in [0.2, 0.25) is 0 Å². The molecule has 0 radical (unpaired) electrons. The van der Waals surface area contributed by atoms with Crippen molar-refractivity contribution in [3.8, 4) is 5.75 Å². The van der Waals surface area contributed by atoms with Gasteiger partial charge in [-0.05, 0) is 43.5 Å². The van der Waals surface area contributed by atoms with Crippen molar-refractivity contribution >= 4 is 17.6 Å². The molecule has 2 rings (SSSR count). The molecule has 2 aromatic carbocycles. The van der Waals surface area contributed by atoms with Crippen molar-refractivity contribution in [1.82, 2.24) is 5.32 Å². The van der Waals surface area contributed by atoms with Crippen LogP contribution in [0.15, 0.2) is 42.5 Å². The van der Waals surface area contributed by atoms with Gasteiger partial charge in [0.1, 0.15) is 5.75 Å². The number of carboxylic acids is 1. The highest BCUT2D eigenvalue weighted by atomic mass is 16.6. The molecule has 0 saturated heterocycles. The maximum absolute atomic E-state index is 12.4. The summed E-state index contributed by atoms with van der Waals surface area (Å²) in [4.78, 5) is 33.7. The number of rotatable bonds is 8. The quantitative estimate of drug-likeness (QED) is 0.543. The lowest BCUT2D eigenvalue weighted by atomic mass is 10.0. The molecule has 0 heterocycles. The van der Waals surface area contributed by atoms with Crippen LogP contribution in [0.25, 0.3) is 0 Å². The number of benzene rings is 2. The van der Waals surface area contributed by atoms with Crippen LogP contribution in [0.1, 0.15) is 39.6 Å². The van der Waals surface area contributed by atoms with Gasteiger partial charge in [-0.1, -0.05) is 12.1 Å². The zero-order chi connectivity index (χ0) is 20.0. The van der Waals surface area contributed by atoms with Crippen molar-refractivity contribution in [3.05, 3.63) is 69.3 Å². The molecule has 2 N–H and O–H groups in total. The van der Waals surface area contributed by atoms with Gasteiger partial charge in [-0.25, -0.2) is 4.79 Å². The van der Waals surface area contributed by atoms with Crippen molar-refractivity contribution in [2.75, 3.05) is 7.11 Å². The summed E-state index contributed by atoms with van der Waals surface area (Å²) in [5, 5.41) is 22.8. The average Bonchev–Trinajstić information content (AvgIpc) is 2.66. The Labute approximate surface area is 155 Å². The lowest BCUT2D eigenvalue weighted by molar-refractivity contribution is -0.384. The van der Waals surface area contributed by atoms with E-state index in [0.29, 0.717) is 6.42 Å². The van der Waals surface area contributed by atoms with Crippen molar-refractivity contribution in [2.24, 2.45) is 0 Å². The number of methoxy groups -OCH3 is 1. The molecule has 27 heavy (non-hydrogen) atoms. The van der Waals surface area contributed by atoms with Crippen LogP contribution in [0.2, 0.25) is 0 Å². The second kappa shape index (κ2) is 8.79. The van der Waals surface area contributed by atoms with Gasteiger partial charge < -0.3 is 15.2 Å². The molecule has 142 valence electrons. The van der Waals surface area contributed by atoms with E-state index in [1.54, 1.807) is 7.11 Å². The summed E-state index contributed by atoms with van der Waals surface area (Å²) >= 11 is 0. The summed E-state index contributed by atoms with van der Waals surface area (Å²) in [5.74, 6) is -1.12. The lowest BCUT2D eigenvalue weighted by Gasteiger charge is -2.14. The number of hydrogen-bond donors (Lipinski definition) is 2. The topological polar surface area (TPSA) is 119 Å². The first-order chi connectivity index (χ1) is 12.8. The Hall–Kier alpha value is -3.42. The third-order valence-corrected chi connectivity index (χ3v) is 4.04. The van der Waals surface area contributed by atoms with Crippen LogP contribution in [0.3, 0.4) is 0 Å². The van der Waals surface area contributed by atoms with Crippen LogP contribution in [-0.2, 0) is 6.42 Å². The van der Waals surface area contributed by atoms with Crippen LogP contribution in [0, 0.1) is 10.1 Å². The molecule has 2 aromatic rings. The molecule has 8 nitrogen and oxygen atoms in total. The number of aryl methyl sites for hydroxylation is 1. The average molecular weight is 372 g/mol. The fourth-order valence-corrected chi connectivity index (χ4v) is 2.53. The summed E-state index contributed by atoms with van der Waals surface area (Å²) in [6.45, 7) is 1.82.